The van der Waals surface area contributed by atoms with Crippen molar-refractivity contribution in [1.29, 1.82) is 0 Å². The van der Waals surface area contributed by atoms with Gasteiger partial charge in [0.05, 0.1) is 0 Å². The normalized spacial score (nSPS) is 19.8. The molecule has 1 heterocycles. The first-order valence-electron chi connectivity index (χ1n) is 5.26. The van der Waals surface area contributed by atoms with Crippen LogP contribution in [0.2, 0.25) is 0 Å². The molecule has 3 heteroatoms. The molecule has 1 aliphatic heterocycles. The standard InChI is InChI=1S/C10H23N3/c1-9(2)6-12(3)10-7-13(8-10)5-4-11/h9-10H,4-8,11H2,1-3H3. The Balaban J connectivity index is 2.11. The molecule has 0 aliphatic carbocycles. The van der Waals surface area contributed by atoms with E-state index in [4.69, 9.17) is 5.73 Å². The van der Waals surface area contributed by atoms with E-state index in [-0.39, 0.29) is 0 Å². The molecule has 0 aromatic rings. The van der Waals surface area contributed by atoms with Crippen molar-refractivity contribution in [3.63, 3.8) is 0 Å². The third kappa shape index (κ3) is 3.25. The molecule has 13 heavy (non-hydrogen) atoms. The molecule has 78 valence electrons. The van der Waals surface area contributed by atoms with Crippen molar-refractivity contribution in [2.45, 2.75) is 19.9 Å². The van der Waals surface area contributed by atoms with Crippen LogP contribution >= 0.6 is 0 Å². The van der Waals surface area contributed by atoms with E-state index in [0.29, 0.717) is 0 Å². The zero-order valence-corrected chi connectivity index (χ0v) is 9.16. The maximum Gasteiger partial charge on any atom is 0.0347 e. The highest BCUT2D eigenvalue weighted by molar-refractivity contribution is 4.86. The molecule has 1 saturated heterocycles. The van der Waals surface area contributed by atoms with Crippen molar-refractivity contribution in [3.8, 4) is 0 Å². The summed E-state index contributed by atoms with van der Waals surface area (Å²) in [6.07, 6.45) is 0. The van der Waals surface area contributed by atoms with Crippen molar-refractivity contribution >= 4 is 0 Å². The van der Waals surface area contributed by atoms with Gasteiger partial charge < -0.3 is 10.6 Å². The van der Waals surface area contributed by atoms with Gasteiger partial charge in [0, 0.05) is 38.8 Å². The molecule has 0 atom stereocenters. The van der Waals surface area contributed by atoms with Gasteiger partial charge in [0.25, 0.3) is 0 Å². The Labute approximate surface area is 81.9 Å². The Hall–Kier alpha value is -0.120. The van der Waals surface area contributed by atoms with Crippen LogP contribution in [0.1, 0.15) is 13.8 Å². The molecular formula is C10H23N3. The fourth-order valence-corrected chi connectivity index (χ4v) is 1.91. The Bertz CT molecular complexity index is 141. The van der Waals surface area contributed by atoms with Crippen LogP contribution in [-0.2, 0) is 0 Å². The molecule has 0 amide bonds. The summed E-state index contributed by atoms with van der Waals surface area (Å²) in [6.45, 7) is 10.0. The lowest BCUT2D eigenvalue weighted by Crippen LogP contribution is -2.59. The lowest BCUT2D eigenvalue weighted by Gasteiger charge is -2.44. The number of likely N-dealkylation sites (tertiary alicyclic amines) is 1. The number of hydrogen-bond acceptors (Lipinski definition) is 3. The topological polar surface area (TPSA) is 32.5 Å². The summed E-state index contributed by atoms with van der Waals surface area (Å²) >= 11 is 0. The molecule has 0 bridgehead atoms. The van der Waals surface area contributed by atoms with Crippen LogP contribution in [0.25, 0.3) is 0 Å². The van der Waals surface area contributed by atoms with Crippen molar-refractivity contribution in [3.05, 3.63) is 0 Å². The van der Waals surface area contributed by atoms with Crippen molar-refractivity contribution in [2.24, 2.45) is 11.7 Å². The van der Waals surface area contributed by atoms with Crippen molar-refractivity contribution < 1.29 is 0 Å². The Morgan fingerprint density at radius 2 is 2.08 bits per heavy atom. The highest BCUT2D eigenvalue weighted by Crippen LogP contribution is 2.13. The first-order chi connectivity index (χ1) is 6.13. The van der Waals surface area contributed by atoms with Gasteiger partial charge >= 0.3 is 0 Å². The number of nitrogens with zero attached hydrogens (tertiary/aromatic N) is 2. The summed E-state index contributed by atoms with van der Waals surface area (Å²) in [6, 6.07) is 0.772. The number of rotatable bonds is 5. The Morgan fingerprint density at radius 3 is 2.54 bits per heavy atom. The maximum absolute atomic E-state index is 5.49. The second-order valence-corrected chi connectivity index (χ2v) is 4.54. The lowest BCUT2D eigenvalue weighted by atomic mass is 10.1. The third-order valence-corrected chi connectivity index (χ3v) is 2.66. The third-order valence-electron chi connectivity index (χ3n) is 2.66. The summed E-state index contributed by atoms with van der Waals surface area (Å²) in [4.78, 5) is 4.89. The van der Waals surface area contributed by atoms with Gasteiger partial charge in [-0.15, -0.1) is 0 Å². The van der Waals surface area contributed by atoms with E-state index in [2.05, 4.69) is 30.7 Å². The predicted molar refractivity (Wildman–Crippen MR) is 56.8 cm³/mol. The smallest absolute Gasteiger partial charge is 0.0347 e. The molecule has 0 spiro atoms. The molecule has 0 aromatic carbocycles. The summed E-state index contributed by atoms with van der Waals surface area (Å²) in [5.74, 6) is 0.772. The summed E-state index contributed by atoms with van der Waals surface area (Å²) in [5.41, 5.74) is 5.49. The van der Waals surface area contributed by atoms with Gasteiger partial charge in [0.2, 0.25) is 0 Å². The van der Waals surface area contributed by atoms with Gasteiger partial charge in [-0.2, -0.15) is 0 Å². The molecular weight excluding hydrogens is 162 g/mol. The highest BCUT2D eigenvalue weighted by atomic mass is 15.3. The molecule has 1 fully saturated rings. The van der Waals surface area contributed by atoms with E-state index in [9.17, 15) is 0 Å². The molecule has 0 radical (unpaired) electrons. The van der Waals surface area contributed by atoms with Gasteiger partial charge in [0.1, 0.15) is 0 Å². The van der Waals surface area contributed by atoms with Crippen LogP contribution in [0.5, 0.6) is 0 Å². The predicted octanol–water partition coefficient (Wildman–Crippen LogP) is 0.217. The summed E-state index contributed by atoms with van der Waals surface area (Å²) in [5, 5.41) is 0. The van der Waals surface area contributed by atoms with Crippen molar-refractivity contribution in [1.82, 2.24) is 9.80 Å². The van der Waals surface area contributed by atoms with Gasteiger partial charge in [-0.1, -0.05) is 13.8 Å². The minimum Gasteiger partial charge on any atom is -0.329 e. The van der Waals surface area contributed by atoms with Gasteiger partial charge in [-0.05, 0) is 13.0 Å². The van der Waals surface area contributed by atoms with Crippen LogP contribution in [0.3, 0.4) is 0 Å². The fourth-order valence-electron chi connectivity index (χ4n) is 1.91. The SMILES string of the molecule is CC(C)CN(C)C1CN(CCN)C1. The van der Waals surface area contributed by atoms with Crippen LogP contribution in [0.15, 0.2) is 0 Å². The number of hydrogen-bond donors (Lipinski definition) is 1. The number of likely N-dealkylation sites (N-methyl/N-ethyl adjacent to an activating group) is 1. The van der Waals surface area contributed by atoms with Crippen LogP contribution in [-0.4, -0.2) is 55.6 Å². The molecule has 1 rings (SSSR count). The van der Waals surface area contributed by atoms with Crippen LogP contribution < -0.4 is 5.73 Å². The first kappa shape index (κ1) is 11.0. The number of nitrogens with two attached hydrogens (primary N) is 1. The van der Waals surface area contributed by atoms with Crippen molar-refractivity contribution in [2.75, 3.05) is 39.8 Å². The summed E-state index contributed by atoms with van der Waals surface area (Å²) in [7, 11) is 2.23. The molecule has 0 unspecified atom stereocenters. The average molecular weight is 185 g/mol. The van der Waals surface area contributed by atoms with E-state index in [1.165, 1.54) is 19.6 Å². The zero-order valence-electron chi connectivity index (χ0n) is 9.16. The Morgan fingerprint density at radius 1 is 1.46 bits per heavy atom. The second kappa shape index (κ2) is 4.94. The van der Waals surface area contributed by atoms with E-state index >= 15 is 0 Å². The quantitative estimate of drug-likeness (QED) is 0.665. The highest BCUT2D eigenvalue weighted by Gasteiger charge is 2.28. The van der Waals surface area contributed by atoms with E-state index in [0.717, 1.165) is 25.0 Å². The molecule has 0 saturated carbocycles. The Kier molecular flexibility index (Phi) is 4.16. The molecule has 0 aromatic heterocycles. The monoisotopic (exact) mass is 185 g/mol. The van der Waals surface area contributed by atoms with E-state index in [1.807, 2.05) is 0 Å². The second-order valence-electron chi connectivity index (χ2n) is 4.54. The van der Waals surface area contributed by atoms with Gasteiger partial charge in [-0.3, -0.25) is 4.90 Å². The fraction of sp³-hybridized carbons (Fsp3) is 1.00. The molecule has 1 aliphatic rings. The van der Waals surface area contributed by atoms with Gasteiger partial charge in [-0.25, -0.2) is 0 Å². The summed E-state index contributed by atoms with van der Waals surface area (Å²) < 4.78 is 0. The first-order valence-corrected chi connectivity index (χ1v) is 5.26. The van der Waals surface area contributed by atoms with Gasteiger partial charge in [0.15, 0.2) is 0 Å². The molecule has 2 N–H and O–H groups in total. The minimum atomic E-state index is 0.772. The largest absolute Gasteiger partial charge is 0.329 e. The van der Waals surface area contributed by atoms with E-state index in [1.54, 1.807) is 0 Å². The average Bonchev–Trinajstić information content (AvgIpc) is 1.93. The molecule has 3 nitrogen and oxygen atoms in total. The maximum atomic E-state index is 5.49. The van der Waals surface area contributed by atoms with E-state index < -0.39 is 0 Å². The minimum absolute atomic E-state index is 0.772. The zero-order chi connectivity index (χ0) is 9.84. The van der Waals surface area contributed by atoms with Crippen LogP contribution in [0.4, 0.5) is 0 Å². The van der Waals surface area contributed by atoms with Crippen LogP contribution in [0, 0.1) is 5.92 Å². The lowest BCUT2D eigenvalue weighted by molar-refractivity contribution is 0.0459.